The first kappa shape index (κ1) is 10.7. The molecule has 66 valence electrons. The van der Waals surface area contributed by atoms with Crippen molar-refractivity contribution in [3.8, 4) is 0 Å². The highest BCUT2D eigenvalue weighted by Crippen LogP contribution is 1.97. The molecule has 0 aromatic carbocycles. The molecule has 0 radical (unpaired) electrons. The van der Waals surface area contributed by atoms with Gasteiger partial charge in [-0.2, -0.15) is 0 Å². The van der Waals surface area contributed by atoms with E-state index in [9.17, 15) is 0 Å². The van der Waals surface area contributed by atoms with Gasteiger partial charge in [0.15, 0.2) is 0 Å². The molecule has 0 unspecified atom stereocenters. The minimum Gasteiger partial charge on any atom is -0.331 e. The Labute approximate surface area is 70.3 Å². The third-order valence-corrected chi connectivity index (χ3v) is 1.50. The molecular weight excluding hydrogens is 136 g/mol. The van der Waals surface area contributed by atoms with Crippen molar-refractivity contribution >= 4 is 0 Å². The van der Waals surface area contributed by atoms with Gasteiger partial charge in [0.05, 0.1) is 27.7 Å². The second-order valence-corrected chi connectivity index (χ2v) is 3.86. The molecule has 2 nitrogen and oxygen atoms in total. The Morgan fingerprint density at radius 3 is 2.27 bits per heavy atom. The molecule has 0 aliphatic heterocycles. The standard InChI is InChI=1S/C9H21N2/c1-11(2,3)9-7-5-4-6-8-10/h4,6H,5,7-10H2,1-3H3/q+1. The zero-order valence-electron chi connectivity index (χ0n) is 8.01. The number of allylic oxidation sites excluding steroid dienone is 1. The van der Waals surface area contributed by atoms with Gasteiger partial charge in [0, 0.05) is 6.54 Å². The first-order valence-corrected chi connectivity index (χ1v) is 4.22. The summed E-state index contributed by atoms with van der Waals surface area (Å²) in [5.74, 6) is 0. The van der Waals surface area contributed by atoms with Crippen LogP contribution in [0.4, 0.5) is 0 Å². The monoisotopic (exact) mass is 157 g/mol. The second-order valence-electron chi connectivity index (χ2n) is 3.86. The number of unbranched alkanes of at least 4 members (excludes halogenated alkanes) is 1. The lowest BCUT2D eigenvalue weighted by Crippen LogP contribution is -2.35. The summed E-state index contributed by atoms with van der Waals surface area (Å²) >= 11 is 0. The van der Waals surface area contributed by atoms with E-state index in [-0.39, 0.29) is 0 Å². The van der Waals surface area contributed by atoms with Crippen LogP contribution in [0.2, 0.25) is 0 Å². The Morgan fingerprint density at radius 2 is 1.82 bits per heavy atom. The van der Waals surface area contributed by atoms with E-state index in [4.69, 9.17) is 5.73 Å². The van der Waals surface area contributed by atoms with Crippen LogP contribution in [0, 0.1) is 0 Å². The van der Waals surface area contributed by atoms with Crippen LogP contribution >= 0.6 is 0 Å². The fourth-order valence-electron chi connectivity index (χ4n) is 0.898. The molecule has 2 heteroatoms. The van der Waals surface area contributed by atoms with E-state index in [0.717, 1.165) is 10.9 Å². The van der Waals surface area contributed by atoms with Gasteiger partial charge in [0.1, 0.15) is 0 Å². The first-order valence-electron chi connectivity index (χ1n) is 4.22. The fourth-order valence-corrected chi connectivity index (χ4v) is 0.898. The van der Waals surface area contributed by atoms with Crippen molar-refractivity contribution in [2.75, 3.05) is 34.2 Å². The topological polar surface area (TPSA) is 26.0 Å². The van der Waals surface area contributed by atoms with Crippen molar-refractivity contribution in [3.63, 3.8) is 0 Å². The summed E-state index contributed by atoms with van der Waals surface area (Å²) in [6, 6.07) is 0. The maximum Gasteiger partial charge on any atom is 0.0783 e. The van der Waals surface area contributed by atoms with E-state index in [1.165, 1.54) is 13.0 Å². The molecule has 0 bridgehead atoms. The zero-order valence-corrected chi connectivity index (χ0v) is 8.01. The number of hydrogen-bond acceptors (Lipinski definition) is 1. The quantitative estimate of drug-likeness (QED) is 0.359. The van der Waals surface area contributed by atoms with Crippen molar-refractivity contribution in [2.45, 2.75) is 12.8 Å². The molecule has 11 heavy (non-hydrogen) atoms. The summed E-state index contributed by atoms with van der Waals surface area (Å²) in [5, 5.41) is 0. The van der Waals surface area contributed by atoms with Gasteiger partial charge in [-0.3, -0.25) is 0 Å². The number of nitrogens with zero attached hydrogens (tertiary/aromatic N) is 1. The van der Waals surface area contributed by atoms with E-state index in [1.807, 2.05) is 6.08 Å². The highest BCUT2D eigenvalue weighted by molar-refractivity contribution is 4.81. The van der Waals surface area contributed by atoms with Crippen molar-refractivity contribution < 1.29 is 4.48 Å². The van der Waals surface area contributed by atoms with Crippen LogP contribution in [-0.2, 0) is 0 Å². The predicted molar refractivity (Wildman–Crippen MR) is 50.3 cm³/mol. The van der Waals surface area contributed by atoms with Gasteiger partial charge in [0.2, 0.25) is 0 Å². The van der Waals surface area contributed by atoms with Crippen LogP contribution in [-0.4, -0.2) is 38.7 Å². The molecule has 0 aliphatic rings. The van der Waals surface area contributed by atoms with Crippen LogP contribution in [0.15, 0.2) is 12.2 Å². The minimum absolute atomic E-state index is 0.671. The molecule has 0 aromatic rings. The van der Waals surface area contributed by atoms with E-state index in [1.54, 1.807) is 0 Å². The lowest BCUT2D eigenvalue weighted by molar-refractivity contribution is -0.870. The molecule has 0 amide bonds. The van der Waals surface area contributed by atoms with Gasteiger partial charge in [0.25, 0.3) is 0 Å². The zero-order chi connectivity index (χ0) is 8.74. The molecule has 0 atom stereocenters. The Balaban J connectivity index is 3.21. The van der Waals surface area contributed by atoms with E-state index in [0.29, 0.717) is 6.54 Å². The first-order chi connectivity index (χ1) is 5.06. The highest BCUT2D eigenvalue weighted by atomic mass is 15.3. The summed E-state index contributed by atoms with van der Waals surface area (Å²) in [4.78, 5) is 0. The van der Waals surface area contributed by atoms with Crippen LogP contribution < -0.4 is 5.73 Å². The van der Waals surface area contributed by atoms with Crippen LogP contribution in [0.1, 0.15) is 12.8 Å². The summed E-state index contributed by atoms with van der Waals surface area (Å²) < 4.78 is 1.05. The van der Waals surface area contributed by atoms with E-state index >= 15 is 0 Å². The number of nitrogens with two attached hydrogens (primary N) is 1. The van der Waals surface area contributed by atoms with Crippen molar-refractivity contribution in [1.82, 2.24) is 0 Å². The number of hydrogen-bond donors (Lipinski definition) is 1. The van der Waals surface area contributed by atoms with Gasteiger partial charge in [-0.05, 0) is 12.8 Å². The maximum atomic E-state index is 5.31. The largest absolute Gasteiger partial charge is 0.331 e. The van der Waals surface area contributed by atoms with E-state index in [2.05, 4.69) is 27.2 Å². The van der Waals surface area contributed by atoms with Crippen molar-refractivity contribution in [3.05, 3.63) is 12.2 Å². The lowest BCUT2D eigenvalue weighted by Gasteiger charge is -2.23. The van der Waals surface area contributed by atoms with Gasteiger partial charge in [-0.1, -0.05) is 12.2 Å². The SMILES string of the molecule is C[N+](C)(C)CCCC=CCN. The Morgan fingerprint density at radius 1 is 1.18 bits per heavy atom. The van der Waals surface area contributed by atoms with Crippen molar-refractivity contribution in [2.24, 2.45) is 5.73 Å². The Hall–Kier alpha value is -0.340. The molecule has 0 spiro atoms. The van der Waals surface area contributed by atoms with E-state index < -0.39 is 0 Å². The maximum absolute atomic E-state index is 5.31. The minimum atomic E-state index is 0.671. The van der Waals surface area contributed by atoms with Crippen LogP contribution in [0.5, 0.6) is 0 Å². The highest BCUT2D eigenvalue weighted by Gasteiger charge is 2.03. The summed E-state index contributed by atoms with van der Waals surface area (Å²) in [6.07, 6.45) is 6.60. The summed E-state index contributed by atoms with van der Waals surface area (Å²) in [5.41, 5.74) is 5.31. The second kappa shape index (κ2) is 5.33. The summed E-state index contributed by atoms with van der Waals surface area (Å²) in [7, 11) is 6.64. The fraction of sp³-hybridized carbons (Fsp3) is 0.778. The smallest absolute Gasteiger partial charge is 0.0783 e. The molecule has 0 aliphatic carbocycles. The average molecular weight is 157 g/mol. The Bertz CT molecular complexity index is 111. The molecule has 0 fully saturated rings. The van der Waals surface area contributed by atoms with Crippen LogP contribution in [0.25, 0.3) is 0 Å². The van der Waals surface area contributed by atoms with Gasteiger partial charge in [-0.25, -0.2) is 0 Å². The predicted octanol–water partition coefficient (Wildman–Crippen LogP) is 0.988. The molecule has 0 aromatic heterocycles. The number of rotatable bonds is 5. The van der Waals surface area contributed by atoms with Crippen LogP contribution in [0.3, 0.4) is 0 Å². The summed E-state index contributed by atoms with van der Waals surface area (Å²) in [6.45, 7) is 1.90. The molecule has 0 heterocycles. The third kappa shape index (κ3) is 9.66. The van der Waals surface area contributed by atoms with Gasteiger partial charge >= 0.3 is 0 Å². The van der Waals surface area contributed by atoms with Gasteiger partial charge < -0.3 is 10.2 Å². The third-order valence-electron chi connectivity index (χ3n) is 1.50. The Kier molecular flexibility index (Phi) is 5.16. The van der Waals surface area contributed by atoms with Crippen molar-refractivity contribution in [1.29, 1.82) is 0 Å². The lowest BCUT2D eigenvalue weighted by atomic mass is 10.2. The molecule has 0 saturated heterocycles. The average Bonchev–Trinajstić information content (AvgIpc) is 1.85. The molecule has 2 N–H and O–H groups in total. The number of quaternary nitrogens is 1. The molecule has 0 saturated carbocycles. The molecule has 0 rings (SSSR count). The normalized spacial score (nSPS) is 12.7. The molecular formula is C9H21N2+. The van der Waals surface area contributed by atoms with Gasteiger partial charge in [-0.15, -0.1) is 0 Å².